The van der Waals surface area contributed by atoms with Gasteiger partial charge in [-0.25, -0.2) is 4.90 Å². The molecule has 0 aliphatic carbocycles. The van der Waals surface area contributed by atoms with Crippen molar-refractivity contribution in [2.45, 2.75) is 44.2 Å². The molecule has 0 unspecified atom stereocenters. The van der Waals surface area contributed by atoms with E-state index in [1.807, 2.05) is 42.5 Å². The third kappa shape index (κ3) is 3.02. The normalized spacial score (nSPS) is 24.6. The van der Waals surface area contributed by atoms with E-state index in [-0.39, 0.29) is 30.9 Å². The first-order chi connectivity index (χ1) is 12.7. The number of rotatable bonds is 4. The van der Waals surface area contributed by atoms with E-state index in [2.05, 4.69) is 4.90 Å². The number of anilines is 1. The number of amides is 2. The average molecular weight is 352 g/mol. The second-order valence-corrected chi connectivity index (χ2v) is 7.22. The number of aliphatic hydroxyl groups excluding tert-OH is 1. The Hall–Kier alpha value is -2.24. The summed E-state index contributed by atoms with van der Waals surface area (Å²) in [5, 5.41) is 11.4. The van der Waals surface area contributed by atoms with E-state index in [0.29, 0.717) is 12.1 Å². The van der Waals surface area contributed by atoms with Gasteiger partial charge >= 0.3 is 0 Å². The average Bonchev–Trinajstić information content (AvgIpc) is 2.96. The number of nitrogens with zero attached hydrogens (tertiary/aromatic N) is 2. The number of likely N-dealkylation sites (tertiary alicyclic amines) is 1. The molecule has 2 fully saturated rings. The molecular weight excluding hydrogens is 328 g/mol. The number of benzene rings is 2. The minimum Gasteiger partial charge on any atom is -0.396 e. The first-order valence-electron chi connectivity index (χ1n) is 9.41. The standard InChI is InChI=1S/C21H24N2O3/c24-12-10-17-7-3-4-11-22(17)19-14-20(25)23(21(19)26)18-9-8-15-5-1-2-6-16(15)13-18/h1-2,5-6,8-9,13,17,19,24H,3-4,7,10-12,14H2/t17-,19-/m1/s1. The zero-order chi connectivity index (χ0) is 18.1. The van der Waals surface area contributed by atoms with Crippen molar-refractivity contribution in [2.75, 3.05) is 18.1 Å². The van der Waals surface area contributed by atoms with E-state index in [4.69, 9.17) is 0 Å². The first-order valence-corrected chi connectivity index (χ1v) is 9.41. The summed E-state index contributed by atoms with van der Waals surface area (Å²) < 4.78 is 0. The van der Waals surface area contributed by atoms with Crippen molar-refractivity contribution in [3.8, 4) is 0 Å². The fraction of sp³-hybridized carbons (Fsp3) is 0.429. The van der Waals surface area contributed by atoms with Gasteiger partial charge in [0.1, 0.15) is 0 Å². The fourth-order valence-corrected chi connectivity index (χ4v) is 4.35. The van der Waals surface area contributed by atoms with E-state index >= 15 is 0 Å². The summed E-state index contributed by atoms with van der Waals surface area (Å²) in [4.78, 5) is 29.3. The lowest BCUT2D eigenvalue weighted by atomic mass is 9.97. The highest BCUT2D eigenvalue weighted by atomic mass is 16.3. The molecule has 136 valence electrons. The third-order valence-corrected chi connectivity index (χ3v) is 5.65. The molecule has 1 N–H and O–H groups in total. The van der Waals surface area contributed by atoms with Gasteiger partial charge in [0.25, 0.3) is 5.91 Å². The van der Waals surface area contributed by atoms with Gasteiger partial charge in [-0.15, -0.1) is 0 Å². The number of piperidine rings is 1. The second kappa shape index (κ2) is 7.17. The number of carbonyl (C=O) groups is 2. The van der Waals surface area contributed by atoms with Gasteiger partial charge in [0.05, 0.1) is 18.2 Å². The van der Waals surface area contributed by atoms with Crippen molar-refractivity contribution in [3.63, 3.8) is 0 Å². The Bertz CT molecular complexity index is 833. The van der Waals surface area contributed by atoms with Crippen LogP contribution in [-0.2, 0) is 9.59 Å². The number of hydrogen-bond acceptors (Lipinski definition) is 4. The maximum atomic E-state index is 13.1. The molecule has 0 bridgehead atoms. The number of aliphatic hydroxyl groups is 1. The fourth-order valence-electron chi connectivity index (χ4n) is 4.35. The lowest BCUT2D eigenvalue weighted by Crippen LogP contribution is -2.50. The van der Waals surface area contributed by atoms with Crippen molar-refractivity contribution in [3.05, 3.63) is 42.5 Å². The predicted molar refractivity (Wildman–Crippen MR) is 101 cm³/mol. The van der Waals surface area contributed by atoms with Crippen LogP contribution in [0.5, 0.6) is 0 Å². The molecule has 4 rings (SSSR count). The molecule has 0 aromatic heterocycles. The van der Waals surface area contributed by atoms with Crippen LogP contribution in [0.3, 0.4) is 0 Å². The number of imide groups is 1. The molecule has 0 spiro atoms. The molecule has 26 heavy (non-hydrogen) atoms. The summed E-state index contributed by atoms with van der Waals surface area (Å²) in [6, 6.07) is 13.4. The Labute approximate surface area is 153 Å². The van der Waals surface area contributed by atoms with Crippen molar-refractivity contribution < 1.29 is 14.7 Å². The monoisotopic (exact) mass is 352 g/mol. The lowest BCUT2D eigenvalue weighted by Gasteiger charge is -2.38. The van der Waals surface area contributed by atoms with Crippen LogP contribution in [-0.4, -0.2) is 47.1 Å². The number of fused-ring (bicyclic) bond motifs is 1. The second-order valence-electron chi connectivity index (χ2n) is 7.22. The lowest BCUT2D eigenvalue weighted by molar-refractivity contribution is -0.123. The Morgan fingerprint density at radius 2 is 1.85 bits per heavy atom. The molecule has 2 aromatic rings. The van der Waals surface area contributed by atoms with Gasteiger partial charge in [0.2, 0.25) is 5.91 Å². The van der Waals surface area contributed by atoms with Gasteiger partial charge in [0, 0.05) is 12.6 Å². The molecule has 2 atom stereocenters. The maximum absolute atomic E-state index is 13.1. The van der Waals surface area contributed by atoms with Crippen LogP contribution < -0.4 is 4.90 Å². The highest BCUT2D eigenvalue weighted by Gasteiger charge is 2.44. The molecule has 5 nitrogen and oxygen atoms in total. The van der Waals surface area contributed by atoms with Crippen LogP contribution in [0.15, 0.2) is 42.5 Å². The molecule has 0 radical (unpaired) electrons. The molecule has 5 heteroatoms. The van der Waals surface area contributed by atoms with E-state index < -0.39 is 6.04 Å². The van der Waals surface area contributed by atoms with Crippen molar-refractivity contribution in [2.24, 2.45) is 0 Å². The molecule has 2 aliphatic rings. The summed E-state index contributed by atoms with van der Waals surface area (Å²) >= 11 is 0. The zero-order valence-electron chi connectivity index (χ0n) is 14.8. The summed E-state index contributed by atoms with van der Waals surface area (Å²) in [7, 11) is 0. The first kappa shape index (κ1) is 17.2. The van der Waals surface area contributed by atoms with E-state index in [1.165, 1.54) is 4.90 Å². The number of hydrogen-bond donors (Lipinski definition) is 1. The zero-order valence-corrected chi connectivity index (χ0v) is 14.8. The van der Waals surface area contributed by atoms with Crippen molar-refractivity contribution in [1.82, 2.24) is 4.90 Å². The summed E-state index contributed by atoms with van der Waals surface area (Å²) in [6.07, 6.45) is 4.02. The van der Waals surface area contributed by atoms with Gasteiger partial charge < -0.3 is 5.11 Å². The molecule has 2 aromatic carbocycles. The van der Waals surface area contributed by atoms with E-state index in [9.17, 15) is 14.7 Å². The summed E-state index contributed by atoms with van der Waals surface area (Å²) in [5.41, 5.74) is 0.650. The number of carbonyl (C=O) groups excluding carboxylic acids is 2. The molecule has 0 saturated carbocycles. The van der Waals surface area contributed by atoms with E-state index in [1.54, 1.807) is 0 Å². The minimum atomic E-state index is -0.397. The molecule has 2 heterocycles. The minimum absolute atomic E-state index is 0.115. The van der Waals surface area contributed by atoms with Crippen LogP contribution >= 0.6 is 0 Å². The summed E-state index contributed by atoms with van der Waals surface area (Å²) in [6.45, 7) is 0.935. The Balaban J connectivity index is 1.61. The Morgan fingerprint density at radius 3 is 2.65 bits per heavy atom. The van der Waals surface area contributed by atoms with Gasteiger partial charge in [-0.3, -0.25) is 14.5 Å². The SMILES string of the molecule is O=C1C[C@@H](N2CCCC[C@@H]2CCO)C(=O)N1c1ccc2ccccc2c1. The van der Waals surface area contributed by atoms with Crippen molar-refractivity contribution >= 4 is 28.3 Å². The molecule has 2 aliphatic heterocycles. The van der Waals surface area contributed by atoms with Crippen LogP contribution in [0.1, 0.15) is 32.1 Å². The highest BCUT2D eigenvalue weighted by molar-refractivity contribution is 6.22. The van der Waals surface area contributed by atoms with Crippen molar-refractivity contribution in [1.29, 1.82) is 0 Å². The Morgan fingerprint density at radius 1 is 1.04 bits per heavy atom. The molecule has 2 saturated heterocycles. The van der Waals surface area contributed by atoms with E-state index in [0.717, 1.165) is 36.6 Å². The molecule has 2 amide bonds. The largest absolute Gasteiger partial charge is 0.396 e. The van der Waals surface area contributed by atoms with Gasteiger partial charge in [-0.05, 0) is 48.7 Å². The van der Waals surface area contributed by atoms with Gasteiger partial charge in [-0.2, -0.15) is 0 Å². The topological polar surface area (TPSA) is 60.9 Å². The predicted octanol–water partition coefficient (Wildman–Crippen LogP) is 2.71. The van der Waals surface area contributed by atoms with Crippen LogP contribution in [0.2, 0.25) is 0 Å². The van der Waals surface area contributed by atoms with Crippen LogP contribution in [0, 0.1) is 0 Å². The third-order valence-electron chi connectivity index (χ3n) is 5.65. The van der Waals surface area contributed by atoms with Crippen LogP contribution in [0.4, 0.5) is 5.69 Å². The quantitative estimate of drug-likeness (QED) is 0.860. The van der Waals surface area contributed by atoms with Gasteiger partial charge in [0.15, 0.2) is 0 Å². The van der Waals surface area contributed by atoms with Gasteiger partial charge in [-0.1, -0.05) is 36.8 Å². The summed E-state index contributed by atoms with van der Waals surface area (Å²) in [5.74, 6) is -0.265. The highest BCUT2D eigenvalue weighted by Crippen LogP contribution is 2.32. The Kier molecular flexibility index (Phi) is 4.74. The maximum Gasteiger partial charge on any atom is 0.251 e. The van der Waals surface area contributed by atoms with Crippen LogP contribution in [0.25, 0.3) is 10.8 Å². The molecular formula is C21H24N2O3. The smallest absolute Gasteiger partial charge is 0.251 e.